The van der Waals surface area contributed by atoms with Gasteiger partial charge in [0.1, 0.15) is 5.82 Å². The van der Waals surface area contributed by atoms with E-state index in [0.717, 1.165) is 11.4 Å². The van der Waals surface area contributed by atoms with Gasteiger partial charge in [0.25, 0.3) is 5.91 Å². The van der Waals surface area contributed by atoms with Crippen LogP contribution in [0.3, 0.4) is 0 Å². The van der Waals surface area contributed by atoms with Gasteiger partial charge in [-0.15, -0.1) is 0 Å². The molecule has 2 aromatic carbocycles. The Kier molecular flexibility index (Phi) is 5.20. The zero-order valence-corrected chi connectivity index (χ0v) is 13.3. The molecule has 1 heterocycles. The van der Waals surface area contributed by atoms with Crippen molar-refractivity contribution in [1.82, 2.24) is 10.3 Å². The van der Waals surface area contributed by atoms with Crippen molar-refractivity contribution in [3.63, 3.8) is 0 Å². The van der Waals surface area contributed by atoms with Gasteiger partial charge < -0.3 is 10.6 Å². The number of carbonyl (C=O) groups excluding carboxylic acids is 1. The molecule has 2 N–H and O–H groups in total. The molecule has 0 bridgehead atoms. The minimum absolute atomic E-state index is 0.124. The average Bonchev–Trinajstić information content (AvgIpc) is 2.66. The van der Waals surface area contributed by atoms with Gasteiger partial charge in [0.15, 0.2) is 0 Å². The van der Waals surface area contributed by atoms with Crippen LogP contribution in [0.4, 0.5) is 5.82 Å². The molecule has 0 atom stereocenters. The van der Waals surface area contributed by atoms with Crippen molar-refractivity contribution < 1.29 is 4.79 Å². The summed E-state index contributed by atoms with van der Waals surface area (Å²) >= 11 is 0. The van der Waals surface area contributed by atoms with Gasteiger partial charge >= 0.3 is 0 Å². The third-order valence-corrected chi connectivity index (χ3v) is 3.64. The Bertz CT molecular complexity index is 771. The highest BCUT2D eigenvalue weighted by Gasteiger charge is 2.06. The number of amides is 1. The fourth-order valence-corrected chi connectivity index (χ4v) is 2.30. The van der Waals surface area contributed by atoms with Gasteiger partial charge in [-0.3, -0.25) is 4.79 Å². The van der Waals surface area contributed by atoms with Crippen molar-refractivity contribution >= 4 is 11.7 Å². The summed E-state index contributed by atoms with van der Waals surface area (Å²) in [4.78, 5) is 16.4. The summed E-state index contributed by atoms with van der Waals surface area (Å²) in [6.45, 7) is 1.21. The van der Waals surface area contributed by atoms with Crippen LogP contribution in [0, 0.1) is 0 Å². The van der Waals surface area contributed by atoms with E-state index in [2.05, 4.69) is 27.8 Å². The Balaban J connectivity index is 1.53. The second-order valence-corrected chi connectivity index (χ2v) is 5.44. The third kappa shape index (κ3) is 4.43. The summed E-state index contributed by atoms with van der Waals surface area (Å²) < 4.78 is 0. The molecule has 0 saturated carbocycles. The number of carbonyl (C=O) groups is 1. The molecule has 3 rings (SSSR count). The van der Waals surface area contributed by atoms with Crippen molar-refractivity contribution in [2.75, 3.05) is 5.32 Å². The molecule has 0 aliphatic carbocycles. The van der Waals surface area contributed by atoms with E-state index in [0.29, 0.717) is 18.7 Å². The first-order chi connectivity index (χ1) is 11.8. The number of hydrogen-bond acceptors (Lipinski definition) is 3. The van der Waals surface area contributed by atoms with Gasteiger partial charge in [-0.25, -0.2) is 4.98 Å². The summed E-state index contributed by atoms with van der Waals surface area (Å²) in [5.41, 5.74) is 2.81. The Morgan fingerprint density at radius 3 is 2.00 bits per heavy atom. The number of anilines is 1. The number of rotatable bonds is 6. The van der Waals surface area contributed by atoms with Crippen LogP contribution in [0.2, 0.25) is 0 Å². The number of benzene rings is 2. The molecule has 0 spiro atoms. The molecule has 1 amide bonds. The maximum atomic E-state index is 12.1. The molecule has 0 radical (unpaired) electrons. The molecular formula is C20H19N3O. The molecule has 4 nitrogen and oxygen atoms in total. The van der Waals surface area contributed by atoms with Crippen LogP contribution in [-0.2, 0) is 13.1 Å². The number of pyridine rings is 1. The van der Waals surface area contributed by atoms with E-state index in [1.807, 2.05) is 54.6 Å². The SMILES string of the molecule is O=C(NCc1ccccc1)c1ccc(NCc2ccccc2)nc1. The highest BCUT2D eigenvalue weighted by molar-refractivity contribution is 5.93. The largest absolute Gasteiger partial charge is 0.366 e. The van der Waals surface area contributed by atoms with Gasteiger partial charge in [0.05, 0.1) is 5.56 Å². The molecule has 1 aromatic heterocycles. The maximum absolute atomic E-state index is 12.1. The molecular weight excluding hydrogens is 298 g/mol. The topological polar surface area (TPSA) is 54.0 Å². The Labute approximate surface area is 141 Å². The van der Waals surface area contributed by atoms with E-state index < -0.39 is 0 Å². The fraction of sp³-hybridized carbons (Fsp3) is 0.100. The van der Waals surface area contributed by atoms with Crippen LogP contribution in [0.5, 0.6) is 0 Å². The smallest absolute Gasteiger partial charge is 0.253 e. The highest BCUT2D eigenvalue weighted by Crippen LogP contribution is 2.08. The molecule has 4 heteroatoms. The predicted octanol–water partition coefficient (Wildman–Crippen LogP) is 3.62. The summed E-state index contributed by atoms with van der Waals surface area (Å²) in [6, 6.07) is 23.5. The van der Waals surface area contributed by atoms with Gasteiger partial charge in [0.2, 0.25) is 0 Å². The van der Waals surface area contributed by atoms with Crippen molar-refractivity contribution in [2.45, 2.75) is 13.1 Å². The lowest BCUT2D eigenvalue weighted by Gasteiger charge is -2.08. The van der Waals surface area contributed by atoms with Gasteiger partial charge in [-0.05, 0) is 23.3 Å². The second-order valence-electron chi connectivity index (χ2n) is 5.44. The Morgan fingerprint density at radius 2 is 1.42 bits per heavy atom. The van der Waals surface area contributed by atoms with Crippen LogP contribution in [0.1, 0.15) is 21.5 Å². The normalized spacial score (nSPS) is 10.2. The van der Waals surface area contributed by atoms with Gasteiger partial charge in [-0.2, -0.15) is 0 Å². The number of hydrogen-bond donors (Lipinski definition) is 2. The molecule has 0 saturated heterocycles. The summed E-state index contributed by atoms with van der Waals surface area (Å²) in [5.74, 6) is 0.624. The summed E-state index contributed by atoms with van der Waals surface area (Å²) in [5, 5.41) is 6.14. The minimum Gasteiger partial charge on any atom is -0.366 e. The fourth-order valence-electron chi connectivity index (χ4n) is 2.30. The lowest BCUT2D eigenvalue weighted by molar-refractivity contribution is 0.0950. The van der Waals surface area contributed by atoms with E-state index in [4.69, 9.17) is 0 Å². The van der Waals surface area contributed by atoms with Gasteiger partial charge in [0, 0.05) is 19.3 Å². The Morgan fingerprint density at radius 1 is 0.792 bits per heavy atom. The minimum atomic E-state index is -0.124. The summed E-state index contributed by atoms with van der Waals surface area (Å²) in [7, 11) is 0. The number of nitrogens with one attached hydrogen (secondary N) is 2. The maximum Gasteiger partial charge on any atom is 0.253 e. The highest BCUT2D eigenvalue weighted by atomic mass is 16.1. The lowest BCUT2D eigenvalue weighted by Crippen LogP contribution is -2.22. The molecule has 0 unspecified atom stereocenters. The first-order valence-electron chi connectivity index (χ1n) is 7.87. The van der Waals surface area contributed by atoms with E-state index in [1.165, 1.54) is 5.56 Å². The molecule has 0 aliphatic heterocycles. The van der Waals surface area contributed by atoms with Crippen molar-refractivity contribution in [3.05, 3.63) is 95.7 Å². The molecule has 120 valence electrons. The van der Waals surface area contributed by atoms with Crippen molar-refractivity contribution in [3.8, 4) is 0 Å². The summed E-state index contributed by atoms with van der Waals surface area (Å²) in [6.07, 6.45) is 1.59. The molecule has 0 fully saturated rings. The molecule has 3 aromatic rings. The van der Waals surface area contributed by atoms with E-state index in [9.17, 15) is 4.79 Å². The van der Waals surface area contributed by atoms with Crippen LogP contribution < -0.4 is 10.6 Å². The third-order valence-electron chi connectivity index (χ3n) is 3.64. The average molecular weight is 317 g/mol. The zero-order chi connectivity index (χ0) is 16.6. The Hall–Kier alpha value is -3.14. The number of nitrogens with zero attached hydrogens (tertiary/aromatic N) is 1. The van der Waals surface area contributed by atoms with Crippen molar-refractivity contribution in [2.24, 2.45) is 0 Å². The standard InChI is InChI=1S/C20H19N3O/c24-20(23-14-17-9-5-2-6-10-17)18-11-12-19(22-15-18)21-13-16-7-3-1-4-8-16/h1-12,15H,13-14H2,(H,21,22)(H,23,24). The van der Waals surface area contributed by atoms with E-state index in [-0.39, 0.29) is 5.91 Å². The van der Waals surface area contributed by atoms with E-state index in [1.54, 1.807) is 12.3 Å². The number of aromatic nitrogens is 1. The van der Waals surface area contributed by atoms with Crippen LogP contribution >= 0.6 is 0 Å². The molecule has 0 aliphatic rings. The van der Waals surface area contributed by atoms with Crippen molar-refractivity contribution in [1.29, 1.82) is 0 Å². The van der Waals surface area contributed by atoms with Crippen LogP contribution in [0.25, 0.3) is 0 Å². The molecule has 24 heavy (non-hydrogen) atoms. The monoisotopic (exact) mass is 317 g/mol. The van der Waals surface area contributed by atoms with Crippen LogP contribution in [0.15, 0.2) is 79.0 Å². The first kappa shape index (κ1) is 15.7. The quantitative estimate of drug-likeness (QED) is 0.730. The van der Waals surface area contributed by atoms with Crippen LogP contribution in [-0.4, -0.2) is 10.9 Å². The zero-order valence-electron chi connectivity index (χ0n) is 13.3. The van der Waals surface area contributed by atoms with Gasteiger partial charge in [-0.1, -0.05) is 60.7 Å². The first-order valence-corrected chi connectivity index (χ1v) is 7.87. The lowest BCUT2D eigenvalue weighted by atomic mass is 10.2. The second kappa shape index (κ2) is 7.92. The van der Waals surface area contributed by atoms with E-state index >= 15 is 0 Å². The predicted molar refractivity (Wildman–Crippen MR) is 95.6 cm³/mol.